The van der Waals surface area contributed by atoms with Crippen LogP contribution in [0, 0.1) is 0 Å². The minimum atomic E-state index is -2.39. The summed E-state index contributed by atoms with van der Waals surface area (Å²) in [6, 6.07) is 7.35. The molecule has 0 bridgehead atoms. The monoisotopic (exact) mass is 259 g/mol. The molecule has 0 spiro atoms. The van der Waals surface area contributed by atoms with Crippen LogP contribution >= 0.6 is 11.8 Å². The van der Waals surface area contributed by atoms with Crippen LogP contribution < -0.4 is 5.32 Å². The van der Waals surface area contributed by atoms with Crippen molar-refractivity contribution in [2.45, 2.75) is 36.1 Å². The van der Waals surface area contributed by atoms with Gasteiger partial charge in [-0.05, 0) is 25.5 Å². The van der Waals surface area contributed by atoms with E-state index < -0.39 is 5.76 Å². The zero-order valence-corrected chi connectivity index (χ0v) is 10.3. The Morgan fingerprint density at radius 1 is 1.41 bits per heavy atom. The van der Waals surface area contributed by atoms with Gasteiger partial charge >= 0.3 is 0 Å². The highest BCUT2D eigenvalue weighted by Crippen LogP contribution is 2.33. The molecule has 0 aromatic heterocycles. The lowest BCUT2D eigenvalue weighted by Gasteiger charge is -2.19. The Hall–Kier alpha value is -0.810. The second-order valence-corrected chi connectivity index (χ2v) is 5.02. The number of para-hydroxylation sites is 1. The molecule has 1 heterocycles. The van der Waals surface area contributed by atoms with Crippen molar-refractivity contribution in [3.63, 3.8) is 0 Å². The molecule has 2 rings (SSSR count). The SMILES string of the molecule is CC1OCCC1Nc1ccccc1SC(F)F. The average Bonchev–Trinajstić information content (AvgIpc) is 2.67. The van der Waals surface area contributed by atoms with Gasteiger partial charge in [-0.15, -0.1) is 0 Å². The predicted octanol–water partition coefficient (Wildman–Crippen LogP) is 3.59. The van der Waals surface area contributed by atoms with Gasteiger partial charge in [-0.3, -0.25) is 0 Å². The molecule has 1 aliphatic rings. The second kappa shape index (κ2) is 5.69. The first kappa shape index (κ1) is 12.6. The van der Waals surface area contributed by atoms with Crippen molar-refractivity contribution in [2.75, 3.05) is 11.9 Å². The van der Waals surface area contributed by atoms with Gasteiger partial charge in [0.05, 0.1) is 12.1 Å². The standard InChI is InChI=1S/C12H15F2NOS/c1-8-9(6-7-16-8)15-10-4-2-3-5-11(10)17-12(13)14/h2-5,8-9,12,15H,6-7H2,1H3. The Labute approximate surface area is 104 Å². The largest absolute Gasteiger partial charge is 0.379 e. The number of ether oxygens (including phenoxy) is 1. The van der Waals surface area contributed by atoms with Crippen LogP contribution in [0.1, 0.15) is 13.3 Å². The third-order valence-electron chi connectivity index (χ3n) is 2.82. The first-order chi connectivity index (χ1) is 8.16. The molecular weight excluding hydrogens is 244 g/mol. The summed E-state index contributed by atoms with van der Waals surface area (Å²) in [5.74, 6) is -2.39. The number of benzene rings is 1. The zero-order valence-electron chi connectivity index (χ0n) is 9.53. The first-order valence-corrected chi connectivity index (χ1v) is 6.47. The van der Waals surface area contributed by atoms with Crippen molar-refractivity contribution >= 4 is 17.4 Å². The Morgan fingerprint density at radius 3 is 2.82 bits per heavy atom. The maximum Gasteiger partial charge on any atom is 0.288 e. The Morgan fingerprint density at radius 2 is 2.18 bits per heavy atom. The summed E-state index contributed by atoms with van der Waals surface area (Å²) in [6.07, 6.45) is 1.04. The predicted molar refractivity (Wildman–Crippen MR) is 65.7 cm³/mol. The molecule has 17 heavy (non-hydrogen) atoms. The van der Waals surface area contributed by atoms with Gasteiger partial charge in [0, 0.05) is 17.2 Å². The maximum atomic E-state index is 12.4. The van der Waals surface area contributed by atoms with E-state index in [9.17, 15) is 8.78 Å². The summed E-state index contributed by atoms with van der Waals surface area (Å²) >= 11 is 0.573. The molecule has 94 valence electrons. The van der Waals surface area contributed by atoms with Crippen LogP contribution in [-0.2, 0) is 4.74 Å². The third-order valence-corrected chi connectivity index (χ3v) is 3.61. The fourth-order valence-corrected chi connectivity index (χ4v) is 2.51. The summed E-state index contributed by atoms with van der Waals surface area (Å²) in [6.45, 7) is 2.72. The third kappa shape index (κ3) is 3.33. The molecule has 1 fully saturated rings. The van der Waals surface area contributed by atoms with E-state index >= 15 is 0 Å². The quantitative estimate of drug-likeness (QED) is 0.835. The summed E-state index contributed by atoms with van der Waals surface area (Å²) in [5.41, 5.74) is 0.764. The number of hydrogen-bond acceptors (Lipinski definition) is 3. The van der Waals surface area contributed by atoms with Gasteiger partial charge in [-0.25, -0.2) is 0 Å². The van der Waals surface area contributed by atoms with Gasteiger partial charge in [0.15, 0.2) is 0 Å². The van der Waals surface area contributed by atoms with E-state index in [1.807, 2.05) is 19.1 Å². The minimum absolute atomic E-state index is 0.125. The zero-order chi connectivity index (χ0) is 12.3. The van der Waals surface area contributed by atoms with Crippen molar-refractivity contribution in [1.82, 2.24) is 0 Å². The highest BCUT2D eigenvalue weighted by Gasteiger charge is 2.24. The Balaban J connectivity index is 2.09. The second-order valence-electron chi connectivity index (χ2n) is 3.99. The number of nitrogens with one attached hydrogen (secondary N) is 1. The summed E-state index contributed by atoms with van der Waals surface area (Å²) in [4.78, 5) is 0.585. The topological polar surface area (TPSA) is 21.3 Å². The van der Waals surface area contributed by atoms with Gasteiger partial charge in [-0.2, -0.15) is 8.78 Å². The molecule has 1 saturated heterocycles. The van der Waals surface area contributed by atoms with Gasteiger partial charge < -0.3 is 10.1 Å². The molecule has 1 aliphatic heterocycles. The van der Waals surface area contributed by atoms with Crippen molar-refractivity contribution < 1.29 is 13.5 Å². The molecule has 1 aromatic rings. The number of rotatable bonds is 4. The van der Waals surface area contributed by atoms with Crippen molar-refractivity contribution in [3.8, 4) is 0 Å². The van der Waals surface area contributed by atoms with E-state index in [0.717, 1.165) is 18.7 Å². The van der Waals surface area contributed by atoms with Crippen molar-refractivity contribution in [2.24, 2.45) is 0 Å². The maximum absolute atomic E-state index is 12.4. The summed E-state index contributed by atoms with van der Waals surface area (Å²) in [7, 11) is 0. The molecular formula is C12H15F2NOS. The normalized spacial score (nSPS) is 24.2. The van der Waals surface area contributed by atoms with Crippen LogP contribution in [-0.4, -0.2) is 24.5 Å². The molecule has 2 unspecified atom stereocenters. The van der Waals surface area contributed by atoms with E-state index in [-0.39, 0.29) is 12.1 Å². The smallest absolute Gasteiger partial charge is 0.288 e. The Kier molecular flexibility index (Phi) is 4.23. The van der Waals surface area contributed by atoms with E-state index in [2.05, 4.69) is 5.32 Å². The molecule has 0 radical (unpaired) electrons. The van der Waals surface area contributed by atoms with E-state index in [1.54, 1.807) is 12.1 Å². The lowest BCUT2D eigenvalue weighted by atomic mass is 10.1. The number of thioether (sulfide) groups is 1. The van der Waals surface area contributed by atoms with Gasteiger partial charge in [-0.1, -0.05) is 23.9 Å². The number of anilines is 1. The molecule has 5 heteroatoms. The van der Waals surface area contributed by atoms with Crippen LogP contribution in [0.4, 0.5) is 14.5 Å². The van der Waals surface area contributed by atoms with E-state index in [1.165, 1.54) is 0 Å². The van der Waals surface area contributed by atoms with Crippen LogP contribution in [0.25, 0.3) is 0 Å². The summed E-state index contributed by atoms with van der Waals surface area (Å²) < 4.78 is 30.2. The van der Waals surface area contributed by atoms with E-state index in [4.69, 9.17) is 4.74 Å². The van der Waals surface area contributed by atoms with Gasteiger partial charge in [0.2, 0.25) is 0 Å². The molecule has 0 aliphatic carbocycles. The van der Waals surface area contributed by atoms with Crippen LogP contribution in [0.2, 0.25) is 0 Å². The minimum Gasteiger partial charge on any atom is -0.379 e. The molecule has 1 N–H and O–H groups in total. The fraction of sp³-hybridized carbons (Fsp3) is 0.500. The highest BCUT2D eigenvalue weighted by atomic mass is 32.2. The van der Waals surface area contributed by atoms with Crippen molar-refractivity contribution in [1.29, 1.82) is 0 Å². The number of halogens is 2. The highest BCUT2D eigenvalue weighted by molar-refractivity contribution is 7.99. The number of alkyl halides is 2. The molecule has 1 aromatic carbocycles. The summed E-state index contributed by atoms with van der Waals surface area (Å²) in [5, 5.41) is 3.29. The van der Waals surface area contributed by atoms with E-state index in [0.29, 0.717) is 16.7 Å². The number of hydrogen-bond donors (Lipinski definition) is 1. The average molecular weight is 259 g/mol. The lowest BCUT2D eigenvalue weighted by molar-refractivity contribution is 0.121. The van der Waals surface area contributed by atoms with Crippen LogP contribution in [0.5, 0.6) is 0 Å². The van der Waals surface area contributed by atoms with Crippen LogP contribution in [0.15, 0.2) is 29.2 Å². The van der Waals surface area contributed by atoms with Crippen molar-refractivity contribution in [3.05, 3.63) is 24.3 Å². The lowest BCUT2D eigenvalue weighted by Crippen LogP contribution is -2.26. The fourth-order valence-electron chi connectivity index (χ4n) is 1.91. The van der Waals surface area contributed by atoms with Crippen LogP contribution in [0.3, 0.4) is 0 Å². The molecule has 2 nitrogen and oxygen atoms in total. The van der Waals surface area contributed by atoms with Gasteiger partial charge in [0.1, 0.15) is 0 Å². The molecule has 0 saturated carbocycles. The molecule has 2 atom stereocenters. The Bertz CT molecular complexity index is 375. The first-order valence-electron chi connectivity index (χ1n) is 5.59. The molecule has 0 amide bonds. The van der Waals surface area contributed by atoms with Gasteiger partial charge in [0.25, 0.3) is 5.76 Å².